The Morgan fingerprint density at radius 2 is 2.17 bits per heavy atom. The second-order valence-corrected chi connectivity index (χ2v) is 7.21. The van der Waals surface area contributed by atoms with Crippen molar-refractivity contribution in [2.75, 3.05) is 0 Å². The first kappa shape index (κ1) is 15.7. The third-order valence-electron chi connectivity index (χ3n) is 4.99. The Balaban J connectivity index is 1.80. The van der Waals surface area contributed by atoms with E-state index in [-0.39, 0.29) is 0 Å². The molecule has 0 aliphatic carbocycles. The quantitative estimate of drug-likeness (QED) is 0.760. The molecule has 0 spiro atoms. The van der Waals surface area contributed by atoms with E-state index in [1.807, 2.05) is 24.5 Å². The third kappa shape index (κ3) is 2.72. The van der Waals surface area contributed by atoms with Gasteiger partial charge in [0.05, 0.1) is 0 Å². The Morgan fingerprint density at radius 3 is 2.96 bits per heavy atom. The molecule has 3 nitrogen and oxygen atoms in total. The first-order chi connectivity index (χ1) is 11.6. The highest BCUT2D eigenvalue weighted by molar-refractivity contribution is 6.31. The molecule has 1 aromatic carbocycles. The van der Waals surface area contributed by atoms with Crippen LogP contribution in [0.1, 0.15) is 36.7 Å². The molecule has 0 saturated carbocycles. The lowest BCUT2D eigenvalue weighted by molar-refractivity contribution is 0.433. The Morgan fingerprint density at radius 1 is 1.29 bits per heavy atom. The summed E-state index contributed by atoms with van der Waals surface area (Å²) in [7, 11) is 0. The van der Waals surface area contributed by atoms with Crippen LogP contribution in [0.25, 0.3) is 10.9 Å². The number of pyridine rings is 1. The fourth-order valence-corrected chi connectivity index (χ4v) is 4.18. The highest BCUT2D eigenvalue weighted by Crippen LogP contribution is 2.36. The lowest BCUT2D eigenvalue weighted by Gasteiger charge is -2.28. The molecule has 0 amide bonds. The topological polar surface area (TPSA) is 29.9 Å². The summed E-state index contributed by atoms with van der Waals surface area (Å²) in [5.41, 5.74) is 5.43. The lowest BCUT2D eigenvalue weighted by Crippen LogP contribution is -2.36. The highest BCUT2D eigenvalue weighted by atomic mass is 35.5. The number of hydrogen-bond acceptors (Lipinski definition) is 2. The van der Waals surface area contributed by atoms with E-state index in [0.717, 1.165) is 24.4 Å². The normalized spacial score (nSPS) is 20.3. The van der Waals surface area contributed by atoms with Crippen LogP contribution >= 0.6 is 11.6 Å². The van der Waals surface area contributed by atoms with Gasteiger partial charge in [-0.2, -0.15) is 0 Å². The van der Waals surface area contributed by atoms with Gasteiger partial charge in [-0.25, -0.2) is 0 Å². The monoisotopic (exact) mass is 339 g/mol. The SMILES string of the molecule is CC1Cc2c(c3cc(Cl)ccc3n2CCc2cccnc2)C(C)N1. The molecule has 124 valence electrons. The van der Waals surface area contributed by atoms with Crippen LogP contribution in [-0.4, -0.2) is 15.6 Å². The van der Waals surface area contributed by atoms with Crippen LogP contribution in [-0.2, 0) is 19.4 Å². The van der Waals surface area contributed by atoms with Crippen LogP contribution in [0.3, 0.4) is 0 Å². The highest BCUT2D eigenvalue weighted by Gasteiger charge is 2.27. The molecule has 24 heavy (non-hydrogen) atoms. The fraction of sp³-hybridized carbons (Fsp3) is 0.350. The molecule has 1 aliphatic heterocycles. The molecule has 0 saturated heterocycles. The number of aromatic nitrogens is 2. The van der Waals surface area contributed by atoms with Crippen LogP contribution in [0.2, 0.25) is 5.02 Å². The van der Waals surface area contributed by atoms with Gasteiger partial charge in [0.15, 0.2) is 0 Å². The molecular formula is C20H22ClN3. The summed E-state index contributed by atoms with van der Waals surface area (Å²) in [6, 6.07) is 11.3. The maximum atomic E-state index is 6.28. The van der Waals surface area contributed by atoms with Crippen molar-refractivity contribution in [1.29, 1.82) is 0 Å². The van der Waals surface area contributed by atoms with E-state index in [1.54, 1.807) is 0 Å². The van der Waals surface area contributed by atoms with Gasteiger partial charge < -0.3 is 9.88 Å². The Hall–Kier alpha value is -1.84. The van der Waals surface area contributed by atoms with Crippen molar-refractivity contribution >= 4 is 22.5 Å². The molecule has 1 aliphatic rings. The predicted molar refractivity (Wildman–Crippen MR) is 99.6 cm³/mol. The Bertz CT molecular complexity index is 869. The number of fused-ring (bicyclic) bond motifs is 3. The van der Waals surface area contributed by atoms with E-state index in [0.29, 0.717) is 12.1 Å². The van der Waals surface area contributed by atoms with Crippen LogP contribution in [0, 0.1) is 0 Å². The van der Waals surface area contributed by atoms with Gasteiger partial charge in [-0.3, -0.25) is 4.98 Å². The van der Waals surface area contributed by atoms with E-state index in [2.05, 4.69) is 46.9 Å². The van der Waals surface area contributed by atoms with Crippen LogP contribution < -0.4 is 5.32 Å². The van der Waals surface area contributed by atoms with Crippen LogP contribution in [0.5, 0.6) is 0 Å². The van der Waals surface area contributed by atoms with E-state index in [9.17, 15) is 0 Å². The number of aryl methyl sites for hydroxylation is 2. The standard InChI is InChI=1S/C20H22ClN3/c1-13-10-19-20(14(2)23-13)17-11-16(21)5-6-18(17)24(19)9-7-15-4-3-8-22-12-15/h3-6,8,11-14,23H,7,9-10H2,1-2H3. The third-order valence-corrected chi connectivity index (χ3v) is 5.23. The van der Waals surface area contributed by atoms with Crippen molar-refractivity contribution in [3.63, 3.8) is 0 Å². The number of hydrogen-bond donors (Lipinski definition) is 1. The van der Waals surface area contributed by atoms with E-state index in [4.69, 9.17) is 11.6 Å². The van der Waals surface area contributed by atoms with E-state index < -0.39 is 0 Å². The van der Waals surface area contributed by atoms with Gasteiger partial charge in [-0.1, -0.05) is 17.7 Å². The molecule has 3 aromatic rings. The van der Waals surface area contributed by atoms with Crippen molar-refractivity contribution in [3.8, 4) is 0 Å². The molecule has 2 unspecified atom stereocenters. The largest absolute Gasteiger partial charge is 0.344 e. The number of nitrogens with zero attached hydrogens (tertiary/aromatic N) is 2. The van der Waals surface area contributed by atoms with Crippen molar-refractivity contribution in [1.82, 2.24) is 14.9 Å². The maximum Gasteiger partial charge on any atom is 0.0487 e. The molecule has 0 radical (unpaired) electrons. The first-order valence-electron chi connectivity index (χ1n) is 8.59. The summed E-state index contributed by atoms with van der Waals surface area (Å²) in [6.07, 6.45) is 5.83. The van der Waals surface area contributed by atoms with Gasteiger partial charge in [0, 0.05) is 59.1 Å². The van der Waals surface area contributed by atoms with Crippen molar-refractivity contribution in [2.24, 2.45) is 0 Å². The van der Waals surface area contributed by atoms with Crippen molar-refractivity contribution < 1.29 is 0 Å². The zero-order valence-electron chi connectivity index (χ0n) is 14.1. The number of halogens is 1. The Kier molecular flexibility index (Phi) is 4.07. The number of nitrogens with one attached hydrogen (secondary N) is 1. The van der Waals surface area contributed by atoms with E-state index >= 15 is 0 Å². The van der Waals surface area contributed by atoms with Crippen LogP contribution in [0.4, 0.5) is 0 Å². The van der Waals surface area contributed by atoms with Gasteiger partial charge in [-0.15, -0.1) is 0 Å². The molecule has 3 heterocycles. The molecule has 4 rings (SSSR count). The van der Waals surface area contributed by atoms with Gasteiger partial charge in [0.2, 0.25) is 0 Å². The van der Waals surface area contributed by atoms with Gasteiger partial charge in [-0.05, 0) is 55.7 Å². The minimum absolute atomic E-state index is 0.351. The average Bonchev–Trinajstić information content (AvgIpc) is 2.86. The molecule has 2 aromatic heterocycles. The second-order valence-electron chi connectivity index (χ2n) is 6.78. The predicted octanol–water partition coefficient (Wildman–Crippen LogP) is 4.53. The van der Waals surface area contributed by atoms with Crippen molar-refractivity contribution in [2.45, 2.75) is 45.3 Å². The zero-order valence-corrected chi connectivity index (χ0v) is 14.8. The number of benzene rings is 1. The summed E-state index contributed by atoms with van der Waals surface area (Å²) in [5, 5.41) is 5.76. The molecule has 2 atom stereocenters. The van der Waals surface area contributed by atoms with Gasteiger partial charge in [0.25, 0.3) is 0 Å². The minimum atomic E-state index is 0.351. The van der Waals surface area contributed by atoms with Crippen LogP contribution in [0.15, 0.2) is 42.7 Å². The Labute approximate surface area is 147 Å². The fourth-order valence-electron chi connectivity index (χ4n) is 4.01. The number of rotatable bonds is 3. The molecule has 4 heteroatoms. The second kappa shape index (κ2) is 6.23. The summed E-state index contributed by atoms with van der Waals surface area (Å²) in [6.45, 7) is 5.48. The van der Waals surface area contributed by atoms with Gasteiger partial charge >= 0.3 is 0 Å². The molecular weight excluding hydrogens is 318 g/mol. The summed E-state index contributed by atoms with van der Waals surface area (Å²) >= 11 is 6.28. The zero-order chi connectivity index (χ0) is 16.7. The smallest absolute Gasteiger partial charge is 0.0487 e. The van der Waals surface area contributed by atoms with Crippen molar-refractivity contribution in [3.05, 3.63) is 64.6 Å². The van der Waals surface area contributed by atoms with E-state index in [1.165, 1.54) is 27.7 Å². The summed E-state index contributed by atoms with van der Waals surface area (Å²) in [5.74, 6) is 0. The summed E-state index contributed by atoms with van der Waals surface area (Å²) in [4.78, 5) is 4.23. The lowest BCUT2D eigenvalue weighted by atomic mass is 9.95. The minimum Gasteiger partial charge on any atom is -0.344 e. The molecule has 0 bridgehead atoms. The summed E-state index contributed by atoms with van der Waals surface area (Å²) < 4.78 is 2.49. The molecule has 1 N–H and O–H groups in total. The first-order valence-corrected chi connectivity index (χ1v) is 8.96. The average molecular weight is 340 g/mol. The maximum absolute atomic E-state index is 6.28. The van der Waals surface area contributed by atoms with Gasteiger partial charge in [0.1, 0.15) is 0 Å². The molecule has 0 fully saturated rings.